The van der Waals surface area contributed by atoms with Crippen molar-refractivity contribution in [1.29, 1.82) is 0 Å². The van der Waals surface area contributed by atoms with Crippen LogP contribution < -0.4 is 0 Å². The number of aromatic nitrogens is 2. The first-order chi connectivity index (χ1) is 7.77. The molecule has 4 heteroatoms. The van der Waals surface area contributed by atoms with Crippen molar-refractivity contribution >= 4 is 5.97 Å². The number of esters is 1. The molecule has 0 N–H and O–H groups in total. The zero-order chi connectivity index (χ0) is 11.5. The van der Waals surface area contributed by atoms with E-state index in [1.165, 1.54) is 7.11 Å². The summed E-state index contributed by atoms with van der Waals surface area (Å²) in [5, 5.41) is 0. The van der Waals surface area contributed by atoms with Gasteiger partial charge in [0.25, 0.3) is 0 Å². The lowest BCUT2D eigenvalue weighted by Gasteiger charge is -2.17. The van der Waals surface area contributed by atoms with E-state index in [1.807, 2.05) is 10.8 Å². The number of imidazole rings is 1. The van der Waals surface area contributed by atoms with Crippen LogP contribution in [0.2, 0.25) is 0 Å². The predicted octanol–water partition coefficient (Wildman–Crippen LogP) is 1.96. The maximum atomic E-state index is 11.8. The molecular weight excluding hydrogens is 204 g/mol. The number of hydrogen-bond donors (Lipinski definition) is 0. The molecular formula is C12H18N2O2. The molecule has 1 saturated carbocycles. The Kier molecular flexibility index (Phi) is 3.27. The molecule has 1 atom stereocenters. The first-order valence-corrected chi connectivity index (χ1v) is 5.87. The molecule has 0 spiro atoms. The Morgan fingerprint density at radius 3 is 3.00 bits per heavy atom. The number of carbonyl (C=O) groups is 1. The summed E-state index contributed by atoms with van der Waals surface area (Å²) >= 11 is 0. The molecule has 1 aliphatic rings. The third-order valence-corrected chi connectivity index (χ3v) is 3.03. The molecule has 1 fully saturated rings. The molecule has 16 heavy (non-hydrogen) atoms. The normalized spacial score (nSPS) is 17.1. The van der Waals surface area contributed by atoms with Gasteiger partial charge in [0.05, 0.1) is 7.11 Å². The zero-order valence-electron chi connectivity index (χ0n) is 9.85. The van der Waals surface area contributed by atoms with Gasteiger partial charge in [0.1, 0.15) is 11.9 Å². The van der Waals surface area contributed by atoms with Gasteiger partial charge in [-0.25, -0.2) is 9.78 Å². The molecule has 88 valence electrons. The standard InChI is InChI=1S/C12H18N2O2/c1-3-4-10-13-7-8-14(10)11(9-5-6-9)12(15)16-2/h7-9,11H,3-6H2,1-2H3. The molecule has 1 aromatic heterocycles. The minimum absolute atomic E-state index is 0.141. The maximum Gasteiger partial charge on any atom is 0.329 e. The van der Waals surface area contributed by atoms with E-state index in [0.29, 0.717) is 5.92 Å². The van der Waals surface area contributed by atoms with Crippen LogP contribution >= 0.6 is 0 Å². The van der Waals surface area contributed by atoms with Gasteiger partial charge in [0, 0.05) is 18.8 Å². The SMILES string of the molecule is CCCc1nccn1C(C(=O)OC)C1CC1. The minimum atomic E-state index is -0.158. The summed E-state index contributed by atoms with van der Waals surface area (Å²) in [7, 11) is 1.45. The molecule has 0 radical (unpaired) electrons. The number of rotatable bonds is 5. The quantitative estimate of drug-likeness (QED) is 0.715. The van der Waals surface area contributed by atoms with E-state index in [1.54, 1.807) is 6.20 Å². The number of nitrogens with zero attached hydrogens (tertiary/aromatic N) is 2. The number of methoxy groups -OCH3 is 1. The highest BCUT2D eigenvalue weighted by molar-refractivity contribution is 5.75. The van der Waals surface area contributed by atoms with Gasteiger partial charge in [-0.3, -0.25) is 0 Å². The predicted molar refractivity (Wildman–Crippen MR) is 60.0 cm³/mol. The average Bonchev–Trinajstić information content (AvgIpc) is 3.01. The molecule has 0 saturated heterocycles. The van der Waals surface area contributed by atoms with E-state index in [9.17, 15) is 4.79 Å². The summed E-state index contributed by atoms with van der Waals surface area (Å²) in [6.45, 7) is 2.11. The number of ether oxygens (including phenoxy) is 1. The summed E-state index contributed by atoms with van der Waals surface area (Å²) < 4.78 is 6.88. The largest absolute Gasteiger partial charge is 0.467 e. The summed E-state index contributed by atoms with van der Waals surface area (Å²) in [5.41, 5.74) is 0. The lowest BCUT2D eigenvalue weighted by atomic mass is 10.1. The van der Waals surface area contributed by atoms with Gasteiger partial charge in [0.2, 0.25) is 0 Å². The fourth-order valence-corrected chi connectivity index (χ4v) is 2.08. The number of aryl methyl sites for hydroxylation is 1. The van der Waals surface area contributed by atoms with Crippen molar-refractivity contribution in [1.82, 2.24) is 9.55 Å². The van der Waals surface area contributed by atoms with Gasteiger partial charge < -0.3 is 9.30 Å². The highest BCUT2D eigenvalue weighted by Crippen LogP contribution is 2.40. The van der Waals surface area contributed by atoms with Crippen LogP contribution in [0.25, 0.3) is 0 Å². The van der Waals surface area contributed by atoms with Crippen molar-refractivity contribution in [2.24, 2.45) is 5.92 Å². The van der Waals surface area contributed by atoms with Crippen LogP contribution in [0.1, 0.15) is 38.1 Å². The Bertz CT molecular complexity index is 369. The molecule has 2 rings (SSSR count). The third-order valence-electron chi connectivity index (χ3n) is 3.03. The molecule has 1 aromatic rings. The lowest BCUT2D eigenvalue weighted by Crippen LogP contribution is -2.24. The molecule has 1 heterocycles. The molecule has 4 nitrogen and oxygen atoms in total. The van der Waals surface area contributed by atoms with Crippen molar-refractivity contribution in [2.45, 2.75) is 38.6 Å². The van der Waals surface area contributed by atoms with Gasteiger partial charge in [-0.15, -0.1) is 0 Å². The van der Waals surface area contributed by atoms with Crippen molar-refractivity contribution in [3.05, 3.63) is 18.2 Å². The molecule has 0 bridgehead atoms. The second kappa shape index (κ2) is 4.68. The second-order valence-electron chi connectivity index (χ2n) is 4.31. The van der Waals surface area contributed by atoms with Gasteiger partial charge >= 0.3 is 5.97 Å². The monoisotopic (exact) mass is 222 g/mol. The van der Waals surface area contributed by atoms with Crippen molar-refractivity contribution in [3.63, 3.8) is 0 Å². The van der Waals surface area contributed by atoms with Crippen LogP contribution in [-0.2, 0) is 16.0 Å². The third kappa shape index (κ3) is 2.10. The summed E-state index contributed by atoms with van der Waals surface area (Å²) in [6.07, 6.45) is 7.84. The smallest absolute Gasteiger partial charge is 0.329 e. The molecule has 0 aromatic carbocycles. The van der Waals surface area contributed by atoms with E-state index in [0.717, 1.165) is 31.5 Å². The highest BCUT2D eigenvalue weighted by atomic mass is 16.5. The van der Waals surface area contributed by atoms with Crippen molar-refractivity contribution < 1.29 is 9.53 Å². The second-order valence-corrected chi connectivity index (χ2v) is 4.31. The van der Waals surface area contributed by atoms with Gasteiger partial charge in [-0.2, -0.15) is 0 Å². The number of hydrogen-bond acceptors (Lipinski definition) is 3. The van der Waals surface area contributed by atoms with E-state index >= 15 is 0 Å². The Morgan fingerprint density at radius 1 is 1.69 bits per heavy atom. The fourth-order valence-electron chi connectivity index (χ4n) is 2.08. The summed E-state index contributed by atoms with van der Waals surface area (Å²) in [5.74, 6) is 1.29. The van der Waals surface area contributed by atoms with Crippen molar-refractivity contribution in [2.75, 3.05) is 7.11 Å². The highest BCUT2D eigenvalue weighted by Gasteiger charge is 2.38. The topological polar surface area (TPSA) is 44.1 Å². The molecule has 0 aliphatic heterocycles. The van der Waals surface area contributed by atoms with Gasteiger partial charge in [-0.05, 0) is 25.2 Å². The van der Waals surface area contributed by atoms with Crippen LogP contribution in [0.15, 0.2) is 12.4 Å². The van der Waals surface area contributed by atoms with Gasteiger partial charge in [-0.1, -0.05) is 6.92 Å². The Balaban J connectivity index is 2.23. The minimum Gasteiger partial charge on any atom is -0.467 e. The molecule has 1 unspecified atom stereocenters. The first kappa shape index (κ1) is 11.2. The number of carbonyl (C=O) groups excluding carboxylic acids is 1. The summed E-state index contributed by atoms with van der Waals surface area (Å²) in [6, 6.07) is -0.158. The maximum absolute atomic E-state index is 11.8. The Morgan fingerprint density at radius 2 is 2.44 bits per heavy atom. The van der Waals surface area contributed by atoms with Gasteiger partial charge in [0.15, 0.2) is 0 Å². The Labute approximate surface area is 95.6 Å². The Hall–Kier alpha value is -1.32. The van der Waals surface area contributed by atoms with Crippen molar-refractivity contribution in [3.8, 4) is 0 Å². The lowest BCUT2D eigenvalue weighted by molar-refractivity contribution is -0.145. The first-order valence-electron chi connectivity index (χ1n) is 5.87. The van der Waals surface area contributed by atoms with E-state index in [2.05, 4.69) is 11.9 Å². The molecule has 0 amide bonds. The van der Waals surface area contributed by atoms with Crippen LogP contribution in [0.4, 0.5) is 0 Å². The van der Waals surface area contributed by atoms with Crippen LogP contribution in [0.3, 0.4) is 0 Å². The van der Waals surface area contributed by atoms with E-state index in [4.69, 9.17) is 4.74 Å². The van der Waals surface area contributed by atoms with Crippen LogP contribution in [-0.4, -0.2) is 22.6 Å². The zero-order valence-corrected chi connectivity index (χ0v) is 9.85. The van der Waals surface area contributed by atoms with E-state index < -0.39 is 0 Å². The summed E-state index contributed by atoms with van der Waals surface area (Å²) in [4.78, 5) is 16.1. The van der Waals surface area contributed by atoms with Crippen LogP contribution in [0.5, 0.6) is 0 Å². The average molecular weight is 222 g/mol. The van der Waals surface area contributed by atoms with E-state index in [-0.39, 0.29) is 12.0 Å². The molecule has 1 aliphatic carbocycles. The fraction of sp³-hybridized carbons (Fsp3) is 0.667. The van der Waals surface area contributed by atoms with Crippen LogP contribution in [0, 0.1) is 5.92 Å².